The van der Waals surface area contributed by atoms with Gasteiger partial charge in [-0.2, -0.15) is 0 Å². The summed E-state index contributed by atoms with van der Waals surface area (Å²) in [6.45, 7) is 1.08. The van der Waals surface area contributed by atoms with Gasteiger partial charge in [0.15, 0.2) is 9.84 Å². The van der Waals surface area contributed by atoms with Gasteiger partial charge >= 0.3 is 5.97 Å². The Bertz CT molecular complexity index is 670. The third kappa shape index (κ3) is 4.57. The molecule has 7 heteroatoms. The topological polar surface area (TPSA) is 74.7 Å². The Balaban J connectivity index is 2.32. The van der Waals surface area contributed by atoms with Crippen molar-refractivity contribution in [1.82, 2.24) is 0 Å². The first kappa shape index (κ1) is 16.0. The zero-order valence-electron chi connectivity index (χ0n) is 11.3. The third-order valence-corrected chi connectivity index (χ3v) is 5.50. The molecular weight excluding hydrogens is 358 g/mol. The second kappa shape index (κ2) is 6.62. The fraction of sp³-hybridized carbons (Fsp3) is 0.357. The molecule has 1 aliphatic heterocycles. The number of hydrogen-bond acceptors (Lipinski definition) is 4. The van der Waals surface area contributed by atoms with Gasteiger partial charge in [-0.05, 0) is 36.3 Å². The monoisotopic (exact) mass is 373 g/mol. The highest BCUT2D eigenvalue weighted by Gasteiger charge is 2.20. The number of rotatable bonds is 3. The molecule has 0 bridgehead atoms. The third-order valence-electron chi connectivity index (χ3n) is 3.29. The summed E-state index contributed by atoms with van der Waals surface area (Å²) in [7, 11) is -2.97. The largest absolute Gasteiger partial charge is 0.478 e. The van der Waals surface area contributed by atoms with Gasteiger partial charge in [0, 0.05) is 29.3 Å². The van der Waals surface area contributed by atoms with Crippen LogP contribution in [0.25, 0.3) is 6.08 Å². The molecule has 5 nitrogen and oxygen atoms in total. The van der Waals surface area contributed by atoms with E-state index in [1.54, 1.807) is 0 Å². The van der Waals surface area contributed by atoms with E-state index in [1.165, 1.54) is 6.08 Å². The van der Waals surface area contributed by atoms with Crippen LogP contribution in [0.15, 0.2) is 28.7 Å². The molecule has 1 aliphatic rings. The van der Waals surface area contributed by atoms with Gasteiger partial charge in [-0.25, -0.2) is 13.2 Å². The van der Waals surface area contributed by atoms with E-state index in [4.69, 9.17) is 5.11 Å². The van der Waals surface area contributed by atoms with E-state index in [-0.39, 0.29) is 11.5 Å². The predicted molar refractivity (Wildman–Crippen MR) is 86.3 cm³/mol. The molecule has 0 saturated carbocycles. The molecule has 0 aromatic heterocycles. The SMILES string of the molecule is O=C(O)/C=C/c1cc(Br)ccc1N1CCCS(=O)(=O)CC1. The van der Waals surface area contributed by atoms with Crippen molar-refractivity contribution < 1.29 is 18.3 Å². The number of benzene rings is 1. The fourth-order valence-corrected chi connectivity index (χ4v) is 3.94. The lowest BCUT2D eigenvalue weighted by molar-refractivity contribution is -0.131. The second-order valence-corrected chi connectivity index (χ2v) is 8.09. The first-order valence-electron chi connectivity index (χ1n) is 6.53. The van der Waals surface area contributed by atoms with Crippen molar-refractivity contribution in [2.45, 2.75) is 6.42 Å². The Morgan fingerprint density at radius 2 is 2.05 bits per heavy atom. The van der Waals surface area contributed by atoms with Crippen LogP contribution in [-0.4, -0.2) is 44.1 Å². The molecule has 0 unspecified atom stereocenters. The number of nitrogens with zero attached hydrogens (tertiary/aromatic N) is 1. The van der Waals surface area contributed by atoms with Crippen molar-refractivity contribution in [3.63, 3.8) is 0 Å². The van der Waals surface area contributed by atoms with Crippen molar-refractivity contribution in [3.8, 4) is 0 Å². The Hall–Kier alpha value is -1.34. The van der Waals surface area contributed by atoms with Gasteiger partial charge in [0.2, 0.25) is 0 Å². The fourth-order valence-electron chi connectivity index (χ4n) is 2.29. The summed E-state index contributed by atoms with van der Waals surface area (Å²) in [4.78, 5) is 12.7. The van der Waals surface area contributed by atoms with Crippen LogP contribution in [0.4, 0.5) is 5.69 Å². The molecule has 0 amide bonds. The number of sulfone groups is 1. The summed E-state index contributed by atoms with van der Waals surface area (Å²) >= 11 is 3.37. The van der Waals surface area contributed by atoms with Gasteiger partial charge in [0.25, 0.3) is 0 Å². The summed E-state index contributed by atoms with van der Waals surface area (Å²) < 4.78 is 24.2. The van der Waals surface area contributed by atoms with Crippen LogP contribution in [0.5, 0.6) is 0 Å². The number of halogens is 1. The molecule has 1 fully saturated rings. The van der Waals surface area contributed by atoms with Crippen LogP contribution < -0.4 is 4.90 Å². The summed E-state index contributed by atoms with van der Waals surface area (Å²) in [6.07, 6.45) is 3.20. The molecule has 0 radical (unpaired) electrons. The Labute approximate surface area is 132 Å². The summed E-state index contributed by atoms with van der Waals surface area (Å²) in [5, 5.41) is 8.77. The maximum Gasteiger partial charge on any atom is 0.328 e. The zero-order valence-corrected chi connectivity index (χ0v) is 13.7. The number of hydrogen-bond donors (Lipinski definition) is 1. The molecule has 2 rings (SSSR count). The molecule has 1 heterocycles. The summed E-state index contributed by atoms with van der Waals surface area (Å²) in [6, 6.07) is 5.57. The van der Waals surface area contributed by atoms with Gasteiger partial charge in [0.05, 0.1) is 11.5 Å². The smallest absolute Gasteiger partial charge is 0.328 e. The van der Waals surface area contributed by atoms with E-state index >= 15 is 0 Å². The normalized spacial score (nSPS) is 18.6. The van der Waals surface area contributed by atoms with Crippen LogP contribution in [0.1, 0.15) is 12.0 Å². The number of aliphatic carboxylic acids is 1. The van der Waals surface area contributed by atoms with E-state index in [0.29, 0.717) is 19.5 Å². The summed E-state index contributed by atoms with van der Waals surface area (Å²) in [5.41, 5.74) is 1.61. The van der Waals surface area contributed by atoms with E-state index in [9.17, 15) is 13.2 Å². The van der Waals surface area contributed by atoms with Crippen molar-refractivity contribution in [2.24, 2.45) is 0 Å². The Morgan fingerprint density at radius 1 is 1.29 bits per heavy atom. The maximum absolute atomic E-state index is 11.7. The molecule has 0 aliphatic carbocycles. The quantitative estimate of drug-likeness (QED) is 0.821. The van der Waals surface area contributed by atoms with Crippen molar-refractivity contribution >= 4 is 43.5 Å². The maximum atomic E-state index is 11.7. The lowest BCUT2D eigenvalue weighted by Crippen LogP contribution is -2.27. The van der Waals surface area contributed by atoms with Crippen LogP contribution >= 0.6 is 15.9 Å². The van der Waals surface area contributed by atoms with Gasteiger partial charge < -0.3 is 10.0 Å². The highest BCUT2D eigenvalue weighted by molar-refractivity contribution is 9.10. The minimum Gasteiger partial charge on any atom is -0.478 e. The highest BCUT2D eigenvalue weighted by atomic mass is 79.9. The molecule has 114 valence electrons. The Kier molecular flexibility index (Phi) is 5.05. The average Bonchev–Trinajstić information content (AvgIpc) is 2.57. The highest BCUT2D eigenvalue weighted by Crippen LogP contribution is 2.27. The number of carboxylic acids is 1. The molecule has 1 N–H and O–H groups in total. The average molecular weight is 374 g/mol. The molecule has 1 saturated heterocycles. The standard InChI is InChI=1S/C14H16BrNO4S/c15-12-3-4-13(11(10-12)2-5-14(17)18)16-6-1-8-21(19,20)9-7-16/h2-5,10H,1,6-9H2,(H,17,18)/b5-2+. The first-order valence-corrected chi connectivity index (χ1v) is 9.15. The van der Waals surface area contributed by atoms with Crippen molar-refractivity contribution in [1.29, 1.82) is 0 Å². The molecule has 0 spiro atoms. The van der Waals surface area contributed by atoms with Crippen LogP contribution in [0, 0.1) is 0 Å². The van der Waals surface area contributed by atoms with E-state index in [2.05, 4.69) is 15.9 Å². The van der Waals surface area contributed by atoms with E-state index in [1.807, 2.05) is 23.1 Å². The number of anilines is 1. The lowest BCUT2D eigenvalue weighted by atomic mass is 10.1. The molecule has 1 aromatic rings. The van der Waals surface area contributed by atoms with Crippen LogP contribution in [0.2, 0.25) is 0 Å². The van der Waals surface area contributed by atoms with Crippen molar-refractivity contribution in [2.75, 3.05) is 29.5 Å². The van der Waals surface area contributed by atoms with Crippen LogP contribution in [-0.2, 0) is 14.6 Å². The van der Waals surface area contributed by atoms with Gasteiger partial charge in [0.1, 0.15) is 0 Å². The minimum atomic E-state index is -2.97. The van der Waals surface area contributed by atoms with E-state index in [0.717, 1.165) is 21.8 Å². The number of carbonyl (C=O) groups is 1. The lowest BCUT2D eigenvalue weighted by Gasteiger charge is -2.24. The number of carboxylic acid groups (broad SMARTS) is 1. The van der Waals surface area contributed by atoms with Crippen LogP contribution in [0.3, 0.4) is 0 Å². The molecule has 0 atom stereocenters. The summed E-state index contributed by atoms with van der Waals surface area (Å²) in [5.74, 6) is -0.676. The molecule has 21 heavy (non-hydrogen) atoms. The Morgan fingerprint density at radius 3 is 2.76 bits per heavy atom. The van der Waals surface area contributed by atoms with Crippen molar-refractivity contribution in [3.05, 3.63) is 34.3 Å². The second-order valence-electron chi connectivity index (χ2n) is 4.87. The van der Waals surface area contributed by atoms with E-state index < -0.39 is 15.8 Å². The van der Waals surface area contributed by atoms with Gasteiger partial charge in [-0.1, -0.05) is 15.9 Å². The van der Waals surface area contributed by atoms with Gasteiger partial charge in [-0.3, -0.25) is 0 Å². The minimum absolute atomic E-state index is 0.130. The zero-order chi connectivity index (χ0) is 15.5. The molecular formula is C14H16BrNO4S. The van der Waals surface area contributed by atoms with Gasteiger partial charge in [-0.15, -0.1) is 0 Å². The molecule has 1 aromatic carbocycles. The first-order chi connectivity index (χ1) is 9.87. The predicted octanol–water partition coefficient (Wildman–Crippen LogP) is 2.17.